The second-order valence-corrected chi connectivity index (χ2v) is 6.75. The first-order chi connectivity index (χ1) is 13.1. The summed E-state index contributed by atoms with van der Waals surface area (Å²) in [6, 6.07) is 7.64. The third-order valence-corrected chi connectivity index (χ3v) is 4.29. The van der Waals surface area contributed by atoms with Crippen LogP contribution in [0.15, 0.2) is 42.5 Å². The largest absolute Gasteiger partial charge is 0.493 e. The average molecular weight is 375 g/mol. The van der Waals surface area contributed by atoms with E-state index in [0.29, 0.717) is 13.0 Å². The van der Waals surface area contributed by atoms with E-state index in [1.165, 1.54) is 32.1 Å². The van der Waals surface area contributed by atoms with E-state index in [2.05, 4.69) is 6.92 Å². The van der Waals surface area contributed by atoms with Crippen molar-refractivity contribution in [2.24, 2.45) is 0 Å². The highest BCUT2D eigenvalue weighted by molar-refractivity contribution is 5.66. The number of unbranched alkanes of at least 4 members (excludes halogenated alkanes) is 5. The number of aliphatic carboxylic acids is 1. The van der Waals surface area contributed by atoms with Crippen molar-refractivity contribution in [2.75, 3.05) is 6.61 Å². The number of benzene rings is 1. The Morgan fingerprint density at radius 2 is 1.81 bits per heavy atom. The highest BCUT2D eigenvalue weighted by Crippen LogP contribution is 2.20. The zero-order valence-electron chi connectivity index (χ0n) is 16.5. The monoisotopic (exact) mass is 374 g/mol. The van der Waals surface area contributed by atoms with Crippen LogP contribution >= 0.6 is 0 Å². The van der Waals surface area contributed by atoms with Gasteiger partial charge in [0.1, 0.15) is 5.75 Å². The Morgan fingerprint density at radius 3 is 2.59 bits per heavy atom. The molecule has 0 aliphatic rings. The Kier molecular flexibility index (Phi) is 12.8. The Balaban J connectivity index is 2.34. The highest BCUT2D eigenvalue weighted by Gasteiger charge is 2.01. The van der Waals surface area contributed by atoms with Crippen molar-refractivity contribution in [2.45, 2.75) is 70.8 Å². The number of rotatable bonds is 15. The molecule has 0 bridgehead atoms. The number of carboxylic acids is 1. The van der Waals surface area contributed by atoms with Crippen LogP contribution in [-0.2, 0) is 4.79 Å². The van der Waals surface area contributed by atoms with Gasteiger partial charge in [-0.3, -0.25) is 4.79 Å². The van der Waals surface area contributed by atoms with E-state index in [0.717, 1.165) is 24.2 Å². The first-order valence-electron chi connectivity index (χ1n) is 10.1. The molecule has 2 N–H and O–H groups in total. The normalized spacial score (nSPS) is 12.7. The van der Waals surface area contributed by atoms with Gasteiger partial charge >= 0.3 is 5.97 Å². The summed E-state index contributed by atoms with van der Waals surface area (Å²) in [5.74, 6) is -0.0726. The topological polar surface area (TPSA) is 66.8 Å². The smallest absolute Gasteiger partial charge is 0.303 e. The van der Waals surface area contributed by atoms with Gasteiger partial charge in [0.2, 0.25) is 0 Å². The fraction of sp³-hybridized carbons (Fsp3) is 0.522. The molecule has 1 rings (SSSR count). The molecule has 0 heterocycles. The number of carbonyl (C=O) groups is 1. The lowest BCUT2D eigenvalue weighted by atomic mass is 10.1. The number of para-hydroxylation sites is 1. The van der Waals surface area contributed by atoms with E-state index in [4.69, 9.17) is 9.84 Å². The highest BCUT2D eigenvalue weighted by atomic mass is 16.5. The van der Waals surface area contributed by atoms with E-state index in [1.54, 1.807) is 0 Å². The maximum Gasteiger partial charge on any atom is 0.303 e. The van der Waals surface area contributed by atoms with Crippen molar-refractivity contribution < 1.29 is 19.7 Å². The zero-order valence-corrected chi connectivity index (χ0v) is 16.5. The molecule has 0 spiro atoms. The molecule has 0 saturated carbocycles. The number of allylic oxidation sites excluding steroid dienone is 2. The standard InChI is InChI=1S/C23H34O4/c1-2-3-4-5-6-7-15-21(24)16-10-8-13-20-14-9-11-17-22(20)27-19-12-18-23(25)26/h8-11,13-14,16-17,21,24H,2-7,12,15,18-19H2,1H3,(H,25,26)/t21-/m1/s1. The molecular weight excluding hydrogens is 340 g/mol. The van der Waals surface area contributed by atoms with Crippen molar-refractivity contribution in [3.8, 4) is 5.75 Å². The summed E-state index contributed by atoms with van der Waals surface area (Å²) in [5, 5.41) is 18.7. The van der Waals surface area contributed by atoms with Gasteiger partial charge in [-0.15, -0.1) is 0 Å². The molecule has 1 aromatic rings. The number of aliphatic hydroxyl groups excluding tert-OH is 1. The van der Waals surface area contributed by atoms with E-state index < -0.39 is 12.1 Å². The van der Waals surface area contributed by atoms with Crippen molar-refractivity contribution in [1.29, 1.82) is 0 Å². The lowest BCUT2D eigenvalue weighted by Gasteiger charge is -2.08. The maximum absolute atomic E-state index is 10.5. The Hall–Kier alpha value is -2.07. The number of ether oxygens (including phenoxy) is 1. The van der Waals surface area contributed by atoms with Crippen LogP contribution in [0.2, 0.25) is 0 Å². The third kappa shape index (κ3) is 12.0. The SMILES string of the molecule is CCCCCCCC[C@@H](O)C=CC=Cc1ccccc1OCCCC(=O)O. The van der Waals surface area contributed by atoms with Crippen LogP contribution in [-0.4, -0.2) is 28.9 Å². The van der Waals surface area contributed by atoms with Gasteiger partial charge < -0.3 is 14.9 Å². The van der Waals surface area contributed by atoms with Crippen molar-refractivity contribution in [3.05, 3.63) is 48.1 Å². The summed E-state index contributed by atoms with van der Waals surface area (Å²) >= 11 is 0. The number of hydrogen-bond acceptors (Lipinski definition) is 3. The Morgan fingerprint density at radius 1 is 1.07 bits per heavy atom. The Labute approximate surface area is 163 Å². The molecule has 4 nitrogen and oxygen atoms in total. The maximum atomic E-state index is 10.5. The predicted molar refractivity (Wildman–Crippen MR) is 111 cm³/mol. The van der Waals surface area contributed by atoms with Gasteiger partial charge in [-0.05, 0) is 18.9 Å². The van der Waals surface area contributed by atoms with Crippen LogP contribution in [0.5, 0.6) is 5.75 Å². The molecule has 0 fully saturated rings. The summed E-state index contributed by atoms with van der Waals surface area (Å²) in [6.07, 6.45) is 15.9. The quantitative estimate of drug-likeness (QED) is 0.309. The number of hydrogen-bond donors (Lipinski definition) is 2. The molecule has 0 unspecified atom stereocenters. The van der Waals surface area contributed by atoms with Crippen LogP contribution in [0.25, 0.3) is 6.08 Å². The minimum atomic E-state index is -0.809. The van der Waals surface area contributed by atoms with Crippen LogP contribution in [0, 0.1) is 0 Å². The van der Waals surface area contributed by atoms with Crippen molar-refractivity contribution in [3.63, 3.8) is 0 Å². The van der Waals surface area contributed by atoms with E-state index in [-0.39, 0.29) is 6.42 Å². The average Bonchev–Trinajstić information content (AvgIpc) is 2.66. The first kappa shape index (κ1) is 23.0. The van der Waals surface area contributed by atoms with E-state index in [1.807, 2.05) is 48.6 Å². The van der Waals surface area contributed by atoms with Gasteiger partial charge in [0.05, 0.1) is 12.7 Å². The Bertz CT molecular complexity index is 577. The molecule has 1 aromatic carbocycles. The van der Waals surface area contributed by atoms with Gasteiger partial charge in [0, 0.05) is 12.0 Å². The number of aliphatic hydroxyl groups is 1. The van der Waals surface area contributed by atoms with Crippen LogP contribution in [0.3, 0.4) is 0 Å². The van der Waals surface area contributed by atoms with Gasteiger partial charge in [0.25, 0.3) is 0 Å². The van der Waals surface area contributed by atoms with Gasteiger partial charge in [-0.25, -0.2) is 0 Å². The van der Waals surface area contributed by atoms with Crippen LogP contribution in [0.1, 0.15) is 70.3 Å². The fourth-order valence-electron chi connectivity index (χ4n) is 2.74. The molecule has 1 atom stereocenters. The number of carboxylic acid groups (broad SMARTS) is 1. The summed E-state index contributed by atoms with van der Waals surface area (Å²) in [4.78, 5) is 10.5. The minimum absolute atomic E-state index is 0.108. The minimum Gasteiger partial charge on any atom is -0.493 e. The molecular formula is C23H34O4. The molecule has 0 aromatic heterocycles. The van der Waals surface area contributed by atoms with Crippen molar-refractivity contribution in [1.82, 2.24) is 0 Å². The van der Waals surface area contributed by atoms with Gasteiger partial charge in [0.15, 0.2) is 0 Å². The molecule has 4 heteroatoms. The van der Waals surface area contributed by atoms with E-state index >= 15 is 0 Å². The molecule has 27 heavy (non-hydrogen) atoms. The van der Waals surface area contributed by atoms with Crippen molar-refractivity contribution >= 4 is 12.0 Å². The predicted octanol–water partition coefficient (Wildman–Crippen LogP) is 5.61. The zero-order chi connectivity index (χ0) is 19.7. The second-order valence-electron chi connectivity index (χ2n) is 6.75. The van der Waals surface area contributed by atoms with Crippen LogP contribution in [0.4, 0.5) is 0 Å². The summed E-state index contributed by atoms with van der Waals surface area (Å²) in [5.41, 5.74) is 0.933. The summed E-state index contributed by atoms with van der Waals surface area (Å²) in [7, 11) is 0. The molecule has 0 saturated heterocycles. The van der Waals surface area contributed by atoms with Gasteiger partial charge in [-0.2, -0.15) is 0 Å². The lowest BCUT2D eigenvalue weighted by Crippen LogP contribution is -2.02. The molecule has 0 aliphatic heterocycles. The molecule has 0 radical (unpaired) electrons. The fourth-order valence-corrected chi connectivity index (χ4v) is 2.74. The lowest BCUT2D eigenvalue weighted by molar-refractivity contribution is -0.137. The summed E-state index contributed by atoms with van der Waals surface area (Å²) in [6.45, 7) is 2.59. The summed E-state index contributed by atoms with van der Waals surface area (Å²) < 4.78 is 5.67. The van der Waals surface area contributed by atoms with E-state index in [9.17, 15) is 9.90 Å². The second kappa shape index (κ2) is 15.0. The molecule has 0 amide bonds. The van der Waals surface area contributed by atoms with Gasteiger partial charge in [-0.1, -0.05) is 88.0 Å². The van der Waals surface area contributed by atoms with Crippen LogP contribution < -0.4 is 4.74 Å². The molecule has 150 valence electrons. The molecule has 0 aliphatic carbocycles. The first-order valence-corrected chi connectivity index (χ1v) is 10.1. The third-order valence-electron chi connectivity index (χ3n) is 4.29.